The molecule has 2 aromatic rings. The van der Waals surface area contributed by atoms with Crippen LogP contribution in [0.4, 0.5) is 0 Å². The summed E-state index contributed by atoms with van der Waals surface area (Å²) >= 11 is 6.00. The minimum absolute atomic E-state index is 0. The number of amidine groups is 1. The van der Waals surface area contributed by atoms with Gasteiger partial charge in [0.05, 0.1) is 0 Å². The van der Waals surface area contributed by atoms with E-state index in [2.05, 4.69) is 48.6 Å². The predicted molar refractivity (Wildman–Crippen MR) is 96.4 cm³/mol. The first-order valence-corrected chi connectivity index (χ1v) is 7.79. The predicted octanol–water partition coefficient (Wildman–Crippen LogP) is 4.81. The third-order valence-electron chi connectivity index (χ3n) is 3.76. The highest BCUT2D eigenvalue weighted by Crippen LogP contribution is 2.32. The monoisotopic (exact) mass is 334 g/mol. The maximum Gasteiger partial charge on any atom is 0.102 e. The van der Waals surface area contributed by atoms with Crippen molar-refractivity contribution in [2.24, 2.45) is 4.99 Å². The largest absolute Gasteiger partial charge is 0.374 e. The molecule has 1 aliphatic rings. The van der Waals surface area contributed by atoms with Crippen molar-refractivity contribution in [3.05, 3.63) is 70.2 Å². The van der Waals surface area contributed by atoms with E-state index in [1.807, 2.05) is 12.1 Å². The Bertz CT molecular complexity index is 650. The van der Waals surface area contributed by atoms with E-state index < -0.39 is 0 Å². The molecule has 2 aromatic carbocycles. The lowest BCUT2D eigenvalue weighted by Gasteiger charge is -2.25. The van der Waals surface area contributed by atoms with Gasteiger partial charge in [-0.15, -0.1) is 12.4 Å². The van der Waals surface area contributed by atoms with Gasteiger partial charge in [-0.2, -0.15) is 0 Å². The highest BCUT2D eigenvalue weighted by molar-refractivity contribution is 6.30. The fourth-order valence-corrected chi connectivity index (χ4v) is 2.82. The third kappa shape index (κ3) is 3.63. The summed E-state index contributed by atoms with van der Waals surface area (Å²) in [5, 5.41) is 4.21. The summed E-state index contributed by atoms with van der Waals surface area (Å²) in [5.74, 6) is 1.08. The smallest absolute Gasteiger partial charge is 0.102 e. The molecule has 0 spiro atoms. The molecule has 0 saturated carbocycles. The van der Waals surface area contributed by atoms with Gasteiger partial charge in [-0.05, 0) is 35.2 Å². The first-order chi connectivity index (χ1) is 10.3. The first-order valence-electron chi connectivity index (χ1n) is 7.41. The Morgan fingerprint density at radius 3 is 2.59 bits per heavy atom. The average molecular weight is 335 g/mol. The van der Waals surface area contributed by atoms with Crippen molar-refractivity contribution in [3.8, 4) is 0 Å². The number of nitrogens with zero attached hydrogens (tertiary/aromatic N) is 1. The summed E-state index contributed by atoms with van der Waals surface area (Å²) in [7, 11) is 0. The van der Waals surface area contributed by atoms with Gasteiger partial charge in [0.15, 0.2) is 0 Å². The first kappa shape index (κ1) is 16.9. The summed E-state index contributed by atoms with van der Waals surface area (Å²) in [5.41, 5.74) is 3.83. The highest BCUT2D eigenvalue weighted by atomic mass is 35.5. The van der Waals surface area contributed by atoms with Crippen molar-refractivity contribution in [1.29, 1.82) is 0 Å². The molecule has 1 atom stereocenters. The van der Waals surface area contributed by atoms with Gasteiger partial charge in [-0.3, -0.25) is 4.99 Å². The maximum absolute atomic E-state index is 6.00. The molecular formula is C18H20Cl2N2. The van der Waals surface area contributed by atoms with Crippen LogP contribution in [0, 0.1) is 0 Å². The van der Waals surface area contributed by atoms with Crippen molar-refractivity contribution in [3.63, 3.8) is 0 Å². The normalized spacial score (nSPS) is 16.3. The van der Waals surface area contributed by atoms with Crippen molar-refractivity contribution < 1.29 is 0 Å². The van der Waals surface area contributed by atoms with Gasteiger partial charge in [0.1, 0.15) is 11.9 Å². The molecule has 0 bridgehead atoms. The third-order valence-corrected chi connectivity index (χ3v) is 4.01. The molecule has 2 nitrogen and oxygen atoms in total. The zero-order valence-electron chi connectivity index (χ0n) is 12.6. The molecule has 1 heterocycles. The van der Waals surface area contributed by atoms with Crippen LogP contribution >= 0.6 is 24.0 Å². The molecule has 0 amide bonds. The molecule has 0 saturated heterocycles. The summed E-state index contributed by atoms with van der Waals surface area (Å²) in [6.45, 7) is 3.13. The minimum atomic E-state index is 0. The molecule has 0 aromatic heterocycles. The molecule has 0 aliphatic carbocycles. The number of benzene rings is 2. The summed E-state index contributed by atoms with van der Waals surface area (Å²) in [6, 6.07) is 16.6. The lowest BCUT2D eigenvalue weighted by atomic mass is 9.91. The van der Waals surface area contributed by atoms with Crippen molar-refractivity contribution in [1.82, 2.24) is 5.32 Å². The van der Waals surface area contributed by atoms with E-state index in [-0.39, 0.29) is 18.4 Å². The Labute approximate surface area is 143 Å². The van der Waals surface area contributed by atoms with Gasteiger partial charge in [0.25, 0.3) is 0 Å². The van der Waals surface area contributed by atoms with Crippen molar-refractivity contribution in [2.45, 2.75) is 25.8 Å². The topological polar surface area (TPSA) is 24.4 Å². The number of hydrogen-bond acceptors (Lipinski definition) is 2. The van der Waals surface area contributed by atoms with Gasteiger partial charge in [-0.25, -0.2) is 0 Å². The van der Waals surface area contributed by atoms with Gasteiger partial charge in [-0.1, -0.05) is 54.9 Å². The van der Waals surface area contributed by atoms with Crippen LogP contribution in [0.3, 0.4) is 0 Å². The van der Waals surface area contributed by atoms with Crippen molar-refractivity contribution in [2.75, 3.05) is 6.54 Å². The van der Waals surface area contributed by atoms with Crippen LogP contribution in [0.15, 0.2) is 53.5 Å². The highest BCUT2D eigenvalue weighted by Gasteiger charge is 2.22. The van der Waals surface area contributed by atoms with Crippen LogP contribution in [0.5, 0.6) is 0 Å². The standard InChI is InChI=1S/C18H19ClN2.ClH/c1-2-11-20-17-12-14-5-3-4-6-16(14)18(21-17)13-7-9-15(19)10-8-13;/h3-10,18H,2,11-12H2,1H3,(H,20,21);1H. The lowest BCUT2D eigenvalue weighted by Crippen LogP contribution is -2.30. The Kier molecular flexibility index (Phi) is 5.87. The molecule has 1 unspecified atom stereocenters. The molecule has 116 valence electrons. The molecule has 22 heavy (non-hydrogen) atoms. The summed E-state index contributed by atoms with van der Waals surface area (Å²) < 4.78 is 0. The van der Waals surface area contributed by atoms with E-state index in [1.54, 1.807) is 0 Å². The van der Waals surface area contributed by atoms with E-state index in [0.717, 1.165) is 30.2 Å². The quantitative estimate of drug-likeness (QED) is 0.856. The molecular weight excluding hydrogens is 315 g/mol. The maximum atomic E-state index is 6.00. The SMILES string of the molecule is CCCNC1=NC(c2ccc(Cl)cc2)c2ccccc2C1.Cl. The molecule has 3 rings (SSSR count). The number of aliphatic imine (C=N–C) groups is 1. The number of fused-ring (bicyclic) bond motifs is 1. The minimum Gasteiger partial charge on any atom is -0.374 e. The van der Waals surface area contributed by atoms with E-state index in [4.69, 9.17) is 16.6 Å². The van der Waals surface area contributed by atoms with Gasteiger partial charge in [0, 0.05) is 18.0 Å². The summed E-state index contributed by atoms with van der Waals surface area (Å²) in [6.07, 6.45) is 1.99. The van der Waals surface area contributed by atoms with Crippen LogP contribution in [-0.2, 0) is 6.42 Å². The number of rotatable bonds is 3. The van der Waals surface area contributed by atoms with Crippen LogP contribution in [0.2, 0.25) is 5.02 Å². The number of nitrogens with one attached hydrogen (secondary N) is 1. The van der Waals surface area contributed by atoms with Crippen LogP contribution < -0.4 is 5.32 Å². The van der Waals surface area contributed by atoms with Crippen LogP contribution in [0.1, 0.15) is 36.1 Å². The molecule has 0 radical (unpaired) electrons. The Hall–Kier alpha value is -1.51. The second-order valence-corrected chi connectivity index (χ2v) is 5.77. The lowest BCUT2D eigenvalue weighted by molar-refractivity contribution is 0.772. The second-order valence-electron chi connectivity index (χ2n) is 5.33. The molecule has 4 heteroatoms. The van der Waals surface area contributed by atoms with Crippen molar-refractivity contribution >= 4 is 29.8 Å². The zero-order chi connectivity index (χ0) is 14.7. The van der Waals surface area contributed by atoms with E-state index in [1.165, 1.54) is 16.7 Å². The molecule has 0 fully saturated rings. The number of hydrogen-bond donors (Lipinski definition) is 1. The van der Waals surface area contributed by atoms with Crippen LogP contribution in [0.25, 0.3) is 0 Å². The molecule has 1 N–H and O–H groups in total. The van der Waals surface area contributed by atoms with Crippen LogP contribution in [-0.4, -0.2) is 12.4 Å². The fraction of sp³-hybridized carbons (Fsp3) is 0.278. The van der Waals surface area contributed by atoms with Gasteiger partial charge in [0.2, 0.25) is 0 Å². The van der Waals surface area contributed by atoms with E-state index in [0.29, 0.717) is 0 Å². The average Bonchev–Trinajstić information content (AvgIpc) is 2.53. The number of halogens is 2. The second kappa shape index (κ2) is 7.66. The Balaban J connectivity index is 0.00000176. The zero-order valence-corrected chi connectivity index (χ0v) is 14.1. The van der Waals surface area contributed by atoms with Gasteiger partial charge < -0.3 is 5.32 Å². The molecule has 1 aliphatic heterocycles. The van der Waals surface area contributed by atoms with E-state index >= 15 is 0 Å². The Morgan fingerprint density at radius 1 is 1.14 bits per heavy atom. The fourth-order valence-electron chi connectivity index (χ4n) is 2.69. The van der Waals surface area contributed by atoms with Gasteiger partial charge >= 0.3 is 0 Å². The van der Waals surface area contributed by atoms with E-state index in [9.17, 15) is 0 Å². The summed E-state index contributed by atoms with van der Waals surface area (Å²) in [4.78, 5) is 4.92. The Morgan fingerprint density at radius 2 is 1.86 bits per heavy atom.